The van der Waals surface area contributed by atoms with Crippen molar-refractivity contribution in [3.8, 4) is 0 Å². The standard InChI is InChI=1S/C12H13NO6S/c14-8-10(12(16)17)13-11(15)6-7-20(18,19)9-4-2-1-3-5-9/h1-7,10,14H,8H2,(H,13,15)(H,16,17)/b7-6+/t10-/m1/s1. The zero-order valence-electron chi connectivity index (χ0n) is 10.3. The van der Waals surface area contributed by atoms with E-state index in [1.807, 2.05) is 5.32 Å². The molecular weight excluding hydrogens is 286 g/mol. The van der Waals surface area contributed by atoms with Crippen molar-refractivity contribution in [2.75, 3.05) is 6.61 Å². The van der Waals surface area contributed by atoms with Crippen molar-refractivity contribution in [3.05, 3.63) is 41.8 Å². The van der Waals surface area contributed by atoms with Gasteiger partial charge < -0.3 is 15.5 Å². The van der Waals surface area contributed by atoms with Crippen molar-refractivity contribution in [1.29, 1.82) is 0 Å². The van der Waals surface area contributed by atoms with Gasteiger partial charge in [0.05, 0.1) is 11.5 Å². The first-order chi connectivity index (χ1) is 9.36. The molecule has 0 saturated heterocycles. The molecule has 0 unspecified atom stereocenters. The summed E-state index contributed by atoms with van der Waals surface area (Å²) in [5.74, 6) is -2.34. The Balaban J connectivity index is 2.77. The third-order valence-corrected chi connectivity index (χ3v) is 3.69. The van der Waals surface area contributed by atoms with Crippen molar-refractivity contribution >= 4 is 21.7 Å². The number of rotatable bonds is 6. The maximum atomic E-state index is 11.8. The molecule has 1 amide bonds. The number of amides is 1. The van der Waals surface area contributed by atoms with Gasteiger partial charge in [0.1, 0.15) is 0 Å². The van der Waals surface area contributed by atoms with Crippen LogP contribution >= 0.6 is 0 Å². The highest BCUT2D eigenvalue weighted by Gasteiger charge is 2.18. The first-order valence-electron chi connectivity index (χ1n) is 5.49. The molecule has 8 heteroatoms. The number of carboxylic acid groups (broad SMARTS) is 1. The highest BCUT2D eigenvalue weighted by molar-refractivity contribution is 7.94. The predicted molar refractivity (Wildman–Crippen MR) is 69.4 cm³/mol. The lowest BCUT2D eigenvalue weighted by Crippen LogP contribution is -2.42. The summed E-state index contributed by atoms with van der Waals surface area (Å²) in [6, 6.07) is 5.97. The number of carbonyl (C=O) groups excluding carboxylic acids is 1. The van der Waals surface area contributed by atoms with Crippen LogP contribution in [0.25, 0.3) is 0 Å². The lowest BCUT2D eigenvalue weighted by atomic mass is 10.3. The number of hydrogen-bond donors (Lipinski definition) is 3. The second kappa shape index (κ2) is 6.83. The van der Waals surface area contributed by atoms with Gasteiger partial charge in [0.25, 0.3) is 0 Å². The van der Waals surface area contributed by atoms with Gasteiger partial charge in [-0.15, -0.1) is 0 Å². The van der Waals surface area contributed by atoms with E-state index >= 15 is 0 Å². The van der Waals surface area contributed by atoms with Crippen molar-refractivity contribution < 1.29 is 28.2 Å². The van der Waals surface area contributed by atoms with Gasteiger partial charge in [-0.25, -0.2) is 13.2 Å². The van der Waals surface area contributed by atoms with E-state index in [9.17, 15) is 18.0 Å². The van der Waals surface area contributed by atoms with Crippen LogP contribution in [0, 0.1) is 0 Å². The average molecular weight is 299 g/mol. The summed E-state index contributed by atoms with van der Waals surface area (Å²) in [5.41, 5.74) is 0. The molecule has 108 valence electrons. The third-order valence-electron chi connectivity index (χ3n) is 2.27. The Kier molecular flexibility index (Phi) is 5.42. The first-order valence-corrected chi connectivity index (χ1v) is 7.04. The average Bonchev–Trinajstić information content (AvgIpc) is 2.43. The number of aliphatic hydroxyl groups is 1. The van der Waals surface area contributed by atoms with Crippen LogP contribution in [0.3, 0.4) is 0 Å². The molecule has 1 aromatic carbocycles. The minimum absolute atomic E-state index is 0.0148. The second-order valence-electron chi connectivity index (χ2n) is 3.74. The van der Waals surface area contributed by atoms with Crippen molar-refractivity contribution in [2.24, 2.45) is 0 Å². The Morgan fingerprint density at radius 1 is 1.25 bits per heavy atom. The highest BCUT2D eigenvalue weighted by Crippen LogP contribution is 2.10. The molecule has 7 nitrogen and oxygen atoms in total. The van der Waals surface area contributed by atoms with E-state index in [1.165, 1.54) is 24.3 Å². The molecule has 0 saturated carbocycles. The van der Waals surface area contributed by atoms with Gasteiger partial charge in [0.15, 0.2) is 15.9 Å². The largest absolute Gasteiger partial charge is 0.480 e. The lowest BCUT2D eigenvalue weighted by Gasteiger charge is -2.09. The topological polar surface area (TPSA) is 121 Å². The molecule has 0 aliphatic carbocycles. The molecule has 0 aromatic heterocycles. The highest BCUT2D eigenvalue weighted by atomic mass is 32.2. The van der Waals surface area contributed by atoms with Crippen LogP contribution in [0.2, 0.25) is 0 Å². The molecule has 20 heavy (non-hydrogen) atoms. The Hall–Kier alpha value is -2.19. The van der Waals surface area contributed by atoms with Crippen LogP contribution in [0.15, 0.2) is 46.7 Å². The van der Waals surface area contributed by atoms with Crippen molar-refractivity contribution in [1.82, 2.24) is 5.32 Å². The lowest BCUT2D eigenvalue weighted by molar-refractivity contribution is -0.142. The number of aliphatic carboxylic acids is 1. The molecule has 0 aliphatic rings. The molecule has 0 spiro atoms. The molecule has 1 aromatic rings. The van der Waals surface area contributed by atoms with Gasteiger partial charge in [0.2, 0.25) is 5.91 Å². The van der Waals surface area contributed by atoms with E-state index in [2.05, 4.69) is 0 Å². The molecule has 0 heterocycles. The zero-order chi connectivity index (χ0) is 15.2. The van der Waals surface area contributed by atoms with Gasteiger partial charge in [-0.1, -0.05) is 18.2 Å². The summed E-state index contributed by atoms with van der Waals surface area (Å²) in [7, 11) is -3.77. The Bertz CT molecular complexity index is 608. The molecule has 0 fully saturated rings. The van der Waals surface area contributed by atoms with E-state index in [4.69, 9.17) is 10.2 Å². The minimum atomic E-state index is -3.77. The van der Waals surface area contributed by atoms with Crippen LogP contribution in [0.4, 0.5) is 0 Å². The molecule has 0 bridgehead atoms. The van der Waals surface area contributed by atoms with Gasteiger partial charge >= 0.3 is 5.97 Å². The summed E-state index contributed by atoms with van der Waals surface area (Å²) in [6.07, 6.45) is 0.702. The fourth-order valence-electron chi connectivity index (χ4n) is 1.25. The summed E-state index contributed by atoms with van der Waals surface area (Å²) in [5, 5.41) is 19.9. The van der Waals surface area contributed by atoms with Crippen molar-refractivity contribution in [3.63, 3.8) is 0 Å². The Morgan fingerprint density at radius 2 is 1.85 bits per heavy atom. The van der Waals surface area contributed by atoms with Crippen LogP contribution in [0.5, 0.6) is 0 Å². The van der Waals surface area contributed by atoms with Gasteiger partial charge in [-0.2, -0.15) is 0 Å². The monoisotopic (exact) mass is 299 g/mol. The fraction of sp³-hybridized carbons (Fsp3) is 0.167. The maximum Gasteiger partial charge on any atom is 0.328 e. The second-order valence-corrected chi connectivity index (χ2v) is 5.58. The quantitative estimate of drug-likeness (QED) is 0.611. The van der Waals surface area contributed by atoms with E-state index < -0.39 is 34.4 Å². The SMILES string of the molecule is O=C(/C=C/S(=O)(=O)c1ccccc1)N[C@H](CO)C(=O)O. The number of nitrogens with one attached hydrogen (secondary N) is 1. The molecule has 1 rings (SSSR count). The van der Waals surface area contributed by atoms with E-state index in [0.717, 1.165) is 0 Å². The molecular formula is C12H13NO6S. The number of hydrogen-bond acceptors (Lipinski definition) is 5. The fourth-order valence-corrected chi connectivity index (χ4v) is 2.24. The predicted octanol–water partition coefficient (Wildman–Crippen LogP) is -0.464. The van der Waals surface area contributed by atoms with Gasteiger partial charge in [-0.3, -0.25) is 4.79 Å². The first kappa shape index (κ1) is 15.9. The zero-order valence-corrected chi connectivity index (χ0v) is 11.1. The van der Waals surface area contributed by atoms with Gasteiger partial charge in [-0.05, 0) is 12.1 Å². The Labute approximate surface area is 115 Å². The summed E-state index contributed by atoms with van der Waals surface area (Å²) >= 11 is 0. The normalized spacial score (nSPS) is 13.1. The van der Waals surface area contributed by atoms with Crippen molar-refractivity contribution in [2.45, 2.75) is 10.9 Å². The van der Waals surface area contributed by atoms with E-state index in [0.29, 0.717) is 11.5 Å². The number of benzene rings is 1. The summed E-state index contributed by atoms with van der Waals surface area (Å²) < 4.78 is 23.6. The van der Waals surface area contributed by atoms with Crippen LogP contribution in [-0.2, 0) is 19.4 Å². The smallest absolute Gasteiger partial charge is 0.328 e. The van der Waals surface area contributed by atoms with Crippen LogP contribution < -0.4 is 5.32 Å². The van der Waals surface area contributed by atoms with Gasteiger partial charge in [0, 0.05) is 11.5 Å². The molecule has 1 atom stereocenters. The van der Waals surface area contributed by atoms with Crippen LogP contribution in [-0.4, -0.2) is 43.2 Å². The molecule has 3 N–H and O–H groups in total. The summed E-state index contributed by atoms with van der Waals surface area (Å²) in [6.45, 7) is -0.791. The number of carboxylic acids is 1. The van der Waals surface area contributed by atoms with E-state index in [1.54, 1.807) is 6.07 Å². The number of sulfone groups is 1. The van der Waals surface area contributed by atoms with E-state index in [-0.39, 0.29) is 4.90 Å². The number of aliphatic hydroxyl groups excluding tert-OH is 1. The minimum Gasteiger partial charge on any atom is -0.480 e. The molecule has 0 radical (unpaired) electrons. The number of carbonyl (C=O) groups is 2. The molecule has 0 aliphatic heterocycles. The maximum absolute atomic E-state index is 11.8. The summed E-state index contributed by atoms with van der Waals surface area (Å²) in [4.78, 5) is 21.9. The third kappa shape index (κ3) is 4.48. The van der Waals surface area contributed by atoms with Crippen LogP contribution in [0.1, 0.15) is 0 Å². The Morgan fingerprint density at radius 3 is 2.35 bits per heavy atom.